The number of hydrogen-bond donors (Lipinski definition) is 2. The Labute approximate surface area is 181 Å². The zero-order valence-corrected chi connectivity index (χ0v) is 17.9. The van der Waals surface area contributed by atoms with E-state index in [1.807, 2.05) is 51.2 Å². The third kappa shape index (κ3) is 3.69. The van der Waals surface area contributed by atoms with E-state index in [0.29, 0.717) is 24.3 Å². The highest BCUT2D eigenvalue weighted by Gasteiger charge is 2.46. The van der Waals surface area contributed by atoms with Crippen LogP contribution >= 0.6 is 0 Å². The number of aliphatic hydroxyl groups is 1. The molecular weight excluding hydrogens is 392 g/mol. The monoisotopic (exact) mass is 418 g/mol. The Balaban J connectivity index is 1.89. The summed E-state index contributed by atoms with van der Waals surface area (Å²) in [5, 5.41) is 12.1. The first-order valence-electron chi connectivity index (χ1n) is 10.5. The third-order valence-corrected chi connectivity index (χ3v) is 5.40. The van der Waals surface area contributed by atoms with Gasteiger partial charge in [0.1, 0.15) is 11.5 Å². The zero-order valence-electron chi connectivity index (χ0n) is 17.9. The average Bonchev–Trinajstić information content (AvgIpc) is 3.27. The average molecular weight is 418 g/mol. The highest BCUT2D eigenvalue weighted by atomic mass is 16.5. The van der Waals surface area contributed by atoms with Crippen LogP contribution in [0.1, 0.15) is 44.4 Å². The lowest BCUT2D eigenvalue weighted by Gasteiger charge is -2.24. The summed E-state index contributed by atoms with van der Waals surface area (Å²) in [5.41, 5.74) is 2.24. The van der Waals surface area contributed by atoms with Gasteiger partial charge in [-0.25, -0.2) is 0 Å². The first kappa shape index (κ1) is 20.7. The number of fused-ring (bicyclic) bond motifs is 1. The number of hydrogen-bond acceptors (Lipinski definition) is 4. The Kier molecular flexibility index (Phi) is 5.55. The van der Waals surface area contributed by atoms with Crippen LogP contribution < -0.4 is 4.74 Å². The molecule has 0 saturated carbocycles. The summed E-state index contributed by atoms with van der Waals surface area (Å²) in [7, 11) is 0. The Morgan fingerprint density at radius 1 is 1.16 bits per heavy atom. The molecule has 0 aliphatic carbocycles. The zero-order chi connectivity index (χ0) is 22.1. The number of carbonyl (C=O) groups excluding carboxylic acids is 2. The lowest BCUT2D eigenvalue weighted by molar-refractivity contribution is -0.139. The van der Waals surface area contributed by atoms with Gasteiger partial charge >= 0.3 is 0 Å². The number of para-hydroxylation sites is 1. The summed E-state index contributed by atoms with van der Waals surface area (Å²) in [6.45, 7) is 6.21. The number of carbonyl (C=O) groups is 2. The maximum absolute atomic E-state index is 13.1. The molecule has 6 heteroatoms. The minimum atomic E-state index is -0.670. The van der Waals surface area contributed by atoms with Crippen LogP contribution in [0.25, 0.3) is 16.7 Å². The molecule has 0 radical (unpaired) electrons. The first-order valence-corrected chi connectivity index (χ1v) is 10.5. The molecule has 3 aromatic rings. The molecule has 2 aromatic carbocycles. The van der Waals surface area contributed by atoms with Crippen molar-refractivity contribution in [3.8, 4) is 5.75 Å². The standard InChI is InChI=1S/C25H26N2O4/c1-4-12-27-22(19-14-26-20-11-6-5-10-18(19)20)21(24(29)25(27)30)23(28)16-8-7-9-17(13-16)31-15(2)3/h5-11,13-15,22,26,28H,4,12H2,1-3H3/b23-21+. The van der Waals surface area contributed by atoms with Crippen molar-refractivity contribution in [3.05, 3.63) is 71.4 Å². The maximum Gasteiger partial charge on any atom is 0.295 e. The van der Waals surface area contributed by atoms with Crippen LogP contribution in [0.15, 0.2) is 60.3 Å². The van der Waals surface area contributed by atoms with Gasteiger partial charge < -0.3 is 19.7 Å². The van der Waals surface area contributed by atoms with Crippen LogP contribution in [0.5, 0.6) is 5.75 Å². The second-order valence-corrected chi connectivity index (χ2v) is 7.98. The van der Waals surface area contributed by atoms with Crippen LogP contribution in [-0.4, -0.2) is 39.3 Å². The van der Waals surface area contributed by atoms with Gasteiger partial charge in [-0.15, -0.1) is 0 Å². The summed E-state index contributed by atoms with van der Waals surface area (Å²) in [5.74, 6) is -0.864. The molecule has 1 aliphatic rings. The van der Waals surface area contributed by atoms with E-state index in [-0.39, 0.29) is 17.4 Å². The van der Waals surface area contributed by atoms with E-state index >= 15 is 0 Å². The van der Waals surface area contributed by atoms with Crippen molar-refractivity contribution in [3.63, 3.8) is 0 Å². The second-order valence-electron chi connectivity index (χ2n) is 7.98. The highest BCUT2D eigenvalue weighted by Crippen LogP contribution is 2.42. The smallest absolute Gasteiger partial charge is 0.295 e. The van der Waals surface area contributed by atoms with E-state index < -0.39 is 17.7 Å². The molecule has 1 fully saturated rings. The van der Waals surface area contributed by atoms with Crippen LogP contribution in [0.4, 0.5) is 0 Å². The van der Waals surface area contributed by atoms with Crippen molar-refractivity contribution in [2.75, 3.05) is 6.54 Å². The van der Waals surface area contributed by atoms with E-state index in [2.05, 4.69) is 4.98 Å². The van der Waals surface area contributed by atoms with E-state index in [9.17, 15) is 14.7 Å². The van der Waals surface area contributed by atoms with Gasteiger partial charge in [-0.3, -0.25) is 9.59 Å². The normalized spacial score (nSPS) is 18.3. The molecule has 0 bridgehead atoms. The lowest BCUT2D eigenvalue weighted by Crippen LogP contribution is -2.30. The molecule has 31 heavy (non-hydrogen) atoms. The number of amides is 1. The van der Waals surface area contributed by atoms with Gasteiger partial charge in [0, 0.05) is 34.8 Å². The molecule has 6 nitrogen and oxygen atoms in total. The number of nitrogens with zero attached hydrogens (tertiary/aromatic N) is 1. The molecule has 1 aliphatic heterocycles. The van der Waals surface area contributed by atoms with Crippen LogP contribution in [-0.2, 0) is 9.59 Å². The molecule has 1 atom stereocenters. The molecule has 2 N–H and O–H groups in total. The fourth-order valence-corrected chi connectivity index (χ4v) is 4.14. The Morgan fingerprint density at radius 3 is 2.68 bits per heavy atom. The third-order valence-electron chi connectivity index (χ3n) is 5.40. The molecule has 1 saturated heterocycles. The van der Waals surface area contributed by atoms with E-state index in [1.165, 1.54) is 0 Å². The molecule has 1 aromatic heterocycles. The van der Waals surface area contributed by atoms with Gasteiger partial charge in [0.2, 0.25) is 0 Å². The van der Waals surface area contributed by atoms with E-state index in [4.69, 9.17) is 4.74 Å². The molecule has 4 rings (SSSR count). The molecule has 1 amide bonds. The van der Waals surface area contributed by atoms with E-state index in [1.54, 1.807) is 29.2 Å². The lowest BCUT2D eigenvalue weighted by atomic mass is 9.95. The van der Waals surface area contributed by atoms with Crippen molar-refractivity contribution >= 4 is 28.4 Å². The van der Waals surface area contributed by atoms with Crippen LogP contribution in [0.3, 0.4) is 0 Å². The number of aromatic amines is 1. The summed E-state index contributed by atoms with van der Waals surface area (Å²) in [4.78, 5) is 30.7. The van der Waals surface area contributed by atoms with Crippen molar-refractivity contribution in [1.82, 2.24) is 9.88 Å². The van der Waals surface area contributed by atoms with Crippen molar-refractivity contribution in [1.29, 1.82) is 0 Å². The van der Waals surface area contributed by atoms with E-state index in [0.717, 1.165) is 16.5 Å². The Morgan fingerprint density at radius 2 is 1.94 bits per heavy atom. The number of ketones is 1. The van der Waals surface area contributed by atoms with Crippen LogP contribution in [0, 0.1) is 0 Å². The summed E-state index contributed by atoms with van der Waals surface area (Å²) in [6, 6.07) is 14.0. The highest BCUT2D eigenvalue weighted by molar-refractivity contribution is 6.46. The number of benzene rings is 2. The first-order chi connectivity index (χ1) is 14.9. The fourth-order valence-electron chi connectivity index (χ4n) is 4.14. The number of aromatic nitrogens is 1. The number of nitrogens with one attached hydrogen (secondary N) is 1. The number of aliphatic hydroxyl groups excluding tert-OH is 1. The molecule has 1 unspecified atom stereocenters. The van der Waals surface area contributed by atoms with Crippen LogP contribution in [0.2, 0.25) is 0 Å². The largest absolute Gasteiger partial charge is 0.507 e. The SMILES string of the molecule is CCCN1C(=O)C(=O)/C(=C(/O)c2cccc(OC(C)C)c2)C1c1c[nH]c2ccccc12. The topological polar surface area (TPSA) is 82.6 Å². The van der Waals surface area contributed by atoms with Gasteiger partial charge in [-0.05, 0) is 38.5 Å². The quantitative estimate of drug-likeness (QED) is 0.343. The predicted molar refractivity (Wildman–Crippen MR) is 120 cm³/mol. The van der Waals surface area contributed by atoms with Crippen molar-refractivity contribution < 1.29 is 19.4 Å². The van der Waals surface area contributed by atoms with Crippen molar-refractivity contribution in [2.24, 2.45) is 0 Å². The summed E-state index contributed by atoms with van der Waals surface area (Å²) in [6.07, 6.45) is 2.48. The van der Waals surface area contributed by atoms with Crippen molar-refractivity contribution in [2.45, 2.75) is 39.3 Å². The summed E-state index contributed by atoms with van der Waals surface area (Å²) < 4.78 is 5.73. The molecule has 0 spiro atoms. The van der Waals surface area contributed by atoms with Gasteiger partial charge in [-0.1, -0.05) is 37.3 Å². The van der Waals surface area contributed by atoms with Gasteiger partial charge in [0.05, 0.1) is 17.7 Å². The maximum atomic E-state index is 13.1. The summed E-state index contributed by atoms with van der Waals surface area (Å²) >= 11 is 0. The minimum absolute atomic E-state index is 0.0289. The molecular formula is C25H26N2O4. The Bertz CT molecular complexity index is 1170. The minimum Gasteiger partial charge on any atom is -0.507 e. The number of likely N-dealkylation sites (tertiary alicyclic amines) is 1. The number of Topliss-reactive ketones (excluding diaryl/α,β-unsaturated/α-hetero) is 1. The fraction of sp³-hybridized carbons (Fsp3) is 0.280. The van der Waals surface area contributed by atoms with Gasteiger partial charge in [0.25, 0.3) is 11.7 Å². The predicted octanol–water partition coefficient (Wildman–Crippen LogP) is 4.79. The second kappa shape index (κ2) is 8.30. The molecule has 160 valence electrons. The number of ether oxygens (including phenoxy) is 1. The van der Waals surface area contributed by atoms with Gasteiger partial charge in [0.15, 0.2) is 0 Å². The number of rotatable bonds is 6. The molecule has 2 heterocycles. The number of H-pyrrole nitrogens is 1. The van der Waals surface area contributed by atoms with Gasteiger partial charge in [-0.2, -0.15) is 0 Å². The Hall–Kier alpha value is -3.54.